The molecular weight excluding hydrogens is 216 g/mol. The van der Waals surface area contributed by atoms with Gasteiger partial charge in [-0.15, -0.1) is 11.3 Å². The van der Waals surface area contributed by atoms with Gasteiger partial charge in [0.25, 0.3) is 0 Å². The number of rotatable bonds is 2. The summed E-state index contributed by atoms with van der Waals surface area (Å²) in [6.45, 7) is 4.05. The van der Waals surface area contributed by atoms with Crippen molar-refractivity contribution in [2.75, 3.05) is 0 Å². The number of thiazole rings is 1. The van der Waals surface area contributed by atoms with E-state index in [1.54, 1.807) is 17.7 Å². The number of nitrogens with zero attached hydrogens (tertiary/aromatic N) is 3. The minimum absolute atomic E-state index is 0.153. The first-order valence-electron chi connectivity index (χ1n) is 4.22. The highest BCUT2D eigenvalue weighted by molar-refractivity contribution is 7.71. The Morgan fingerprint density at radius 2 is 2.43 bits per heavy atom. The van der Waals surface area contributed by atoms with Crippen LogP contribution >= 0.6 is 23.6 Å². The molecule has 2 heterocycles. The van der Waals surface area contributed by atoms with E-state index in [9.17, 15) is 0 Å². The number of hydrogen-bond acceptors (Lipinski definition) is 4. The smallest absolute Gasteiger partial charge is 0.195 e. The van der Waals surface area contributed by atoms with E-state index >= 15 is 0 Å². The van der Waals surface area contributed by atoms with Crippen molar-refractivity contribution in [2.24, 2.45) is 0 Å². The Labute approximate surface area is 90.6 Å². The molecule has 4 nitrogen and oxygen atoms in total. The largest absolute Gasteiger partial charge is 0.297 e. The average molecular weight is 226 g/mol. The maximum absolute atomic E-state index is 5.09. The van der Waals surface area contributed by atoms with Crippen LogP contribution in [0.25, 0.3) is 0 Å². The van der Waals surface area contributed by atoms with E-state index in [4.69, 9.17) is 12.2 Å². The van der Waals surface area contributed by atoms with Gasteiger partial charge in [0.2, 0.25) is 0 Å². The highest BCUT2D eigenvalue weighted by Crippen LogP contribution is 2.21. The lowest BCUT2D eigenvalue weighted by Crippen LogP contribution is -2.05. The van der Waals surface area contributed by atoms with Gasteiger partial charge in [-0.25, -0.2) is 4.98 Å². The topological polar surface area (TPSA) is 46.5 Å². The Bertz CT molecular complexity index is 481. The van der Waals surface area contributed by atoms with E-state index in [2.05, 4.69) is 22.1 Å². The molecule has 2 aromatic rings. The fraction of sp³-hybridized carbons (Fsp3) is 0.375. The lowest BCUT2D eigenvalue weighted by atomic mass is 10.3. The highest BCUT2D eigenvalue weighted by Gasteiger charge is 2.11. The molecule has 6 heteroatoms. The van der Waals surface area contributed by atoms with Crippen LogP contribution < -0.4 is 0 Å². The third kappa shape index (κ3) is 1.62. The molecule has 0 fully saturated rings. The molecule has 0 saturated carbocycles. The molecule has 0 radical (unpaired) electrons. The lowest BCUT2D eigenvalue weighted by Gasteiger charge is -2.07. The number of aromatic nitrogens is 4. The van der Waals surface area contributed by atoms with E-state index < -0.39 is 0 Å². The van der Waals surface area contributed by atoms with Gasteiger partial charge in [0.15, 0.2) is 4.77 Å². The van der Waals surface area contributed by atoms with Crippen LogP contribution in [0.3, 0.4) is 0 Å². The van der Waals surface area contributed by atoms with Crippen molar-refractivity contribution in [1.82, 2.24) is 19.7 Å². The molecule has 0 aromatic carbocycles. The normalized spacial score (nSPS) is 13.0. The summed E-state index contributed by atoms with van der Waals surface area (Å²) in [7, 11) is 0. The van der Waals surface area contributed by atoms with Gasteiger partial charge < -0.3 is 0 Å². The minimum atomic E-state index is 0.153. The molecule has 0 spiro atoms. The summed E-state index contributed by atoms with van der Waals surface area (Å²) in [5, 5.41) is 9.71. The second-order valence-electron chi connectivity index (χ2n) is 3.07. The van der Waals surface area contributed by atoms with Crippen molar-refractivity contribution in [2.45, 2.75) is 19.9 Å². The molecule has 0 aliphatic carbocycles. The van der Waals surface area contributed by atoms with Gasteiger partial charge in [-0.05, 0) is 26.1 Å². The highest BCUT2D eigenvalue weighted by atomic mass is 32.1. The first-order chi connectivity index (χ1) is 6.68. The van der Waals surface area contributed by atoms with Crippen LogP contribution in [-0.4, -0.2) is 19.7 Å². The predicted octanol–water partition coefficient (Wildman–Crippen LogP) is 2.31. The number of hydrogen-bond donors (Lipinski definition) is 1. The molecule has 0 aliphatic rings. The second kappa shape index (κ2) is 3.62. The Hall–Kier alpha value is -1.01. The number of aromatic amines is 1. The van der Waals surface area contributed by atoms with Crippen molar-refractivity contribution in [3.05, 3.63) is 27.2 Å². The van der Waals surface area contributed by atoms with Crippen molar-refractivity contribution in [3.8, 4) is 0 Å². The molecular formula is C8H10N4S2. The monoisotopic (exact) mass is 226 g/mol. The molecule has 0 bridgehead atoms. The number of aryl methyl sites for hydroxylation is 1. The van der Waals surface area contributed by atoms with Gasteiger partial charge in [-0.1, -0.05) is 0 Å². The van der Waals surface area contributed by atoms with Crippen LogP contribution in [0, 0.1) is 11.7 Å². The van der Waals surface area contributed by atoms with Crippen molar-refractivity contribution in [3.63, 3.8) is 0 Å². The zero-order chi connectivity index (χ0) is 10.1. The zero-order valence-electron chi connectivity index (χ0n) is 7.89. The van der Waals surface area contributed by atoms with Crippen LogP contribution in [0.2, 0.25) is 0 Å². The first kappa shape index (κ1) is 9.54. The van der Waals surface area contributed by atoms with E-state index in [1.807, 2.05) is 16.9 Å². The van der Waals surface area contributed by atoms with E-state index in [-0.39, 0.29) is 6.04 Å². The van der Waals surface area contributed by atoms with E-state index in [0.717, 1.165) is 10.7 Å². The fourth-order valence-corrected chi connectivity index (χ4v) is 2.32. The van der Waals surface area contributed by atoms with Crippen LogP contribution in [-0.2, 0) is 0 Å². The van der Waals surface area contributed by atoms with Gasteiger partial charge in [0, 0.05) is 11.1 Å². The molecule has 1 N–H and O–H groups in total. The van der Waals surface area contributed by atoms with Gasteiger partial charge in [0.05, 0.1) is 6.04 Å². The third-order valence-corrected chi connectivity index (χ3v) is 3.42. The lowest BCUT2D eigenvalue weighted by molar-refractivity contribution is 0.623. The standard InChI is InChI=1S/C8H10N4S2/c1-5-3-14-7(10-5)6(2)12-4-9-11-8(12)13/h3-4,6H,1-2H3,(H,11,13). The Morgan fingerprint density at radius 1 is 1.64 bits per heavy atom. The van der Waals surface area contributed by atoms with Crippen LogP contribution in [0.5, 0.6) is 0 Å². The molecule has 2 rings (SSSR count). The minimum Gasteiger partial charge on any atom is -0.297 e. The SMILES string of the molecule is Cc1csc(C(C)n2cn[nH]c2=S)n1. The van der Waals surface area contributed by atoms with Crippen LogP contribution in [0.15, 0.2) is 11.7 Å². The summed E-state index contributed by atoms with van der Waals surface area (Å²) in [5.74, 6) is 0. The van der Waals surface area contributed by atoms with Crippen molar-refractivity contribution in [1.29, 1.82) is 0 Å². The second-order valence-corrected chi connectivity index (χ2v) is 4.35. The fourth-order valence-electron chi connectivity index (χ4n) is 1.22. The van der Waals surface area contributed by atoms with Gasteiger partial charge in [-0.3, -0.25) is 9.67 Å². The van der Waals surface area contributed by atoms with E-state index in [1.165, 1.54) is 0 Å². The number of H-pyrrole nitrogens is 1. The molecule has 1 atom stereocenters. The summed E-state index contributed by atoms with van der Waals surface area (Å²) in [6.07, 6.45) is 1.70. The van der Waals surface area contributed by atoms with Crippen molar-refractivity contribution >= 4 is 23.6 Å². The predicted molar refractivity (Wildman–Crippen MR) is 58.1 cm³/mol. The Kier molecular flexibility index (Phi) is 2.47. The molecule has 0 saturated heterocycles. The van der Waals surface area contributed by atoms with Crippen LogP contribution in [0.1, 0.15) is 23.7 Å². The molecule has 14 heavy (non-hydrogen) atoms. The Balaban J connectivity index is 2.38. The molecule has 0 aliphatic heterocycles. The summed E-state index contributed by atoms with van der Waals surface area (Å²) < 4.78 is 2.53. The number of nitrogens with one attached hydrogen (secondary N) is 1. The average Bonchev–Trinajstić information content (AvgIpc) is 2.73. The summed E-state index contributed by atoms with van der Waals surface area (Å²) in [4.78, 5) is 4.42. The van der Waals surface area contributed by atoms with Crippen molar-refractivity contribution < 1.29 is 0 Å². The zero-order valence-corrected chi connectivity index (χ0v) is 9.52. The van der Waals surface area contributed by atoms with Crippen LogP contribution in [0.4, 0.5) is 0 Å². The van der Waals surface area contributed by atoms with Gasteiger partial charge in [-0.2, -0.15) is 5.10 Å². The summed E-state index contributed by atoms with van der Waals surface area (Å²) in [6, 6.07) is 0.153. The third-order valence-electron chi connectivity index (χ3n) is 1.99. The summed E-state index contributed by atoms with van der Waals surface area (Å²) >= 11 is 6.73. The molecule has 1 unspecified atom stereocenters. The molecule has 2 aromatic heterocycles. The summed E-state index contributed by atoms with van der Waals surface area (Å²) in [5.41, 5.74) is 1.05. The maximum atomic E-state index is 5.09. The van der Waals surface area contributed by atoms with Gasteiger partial charge >= 0.3 is 0 Å². The first-order valence-corrected chi connectivity index (χ1v) is 5.51. The molecule has 0 amide bonds. The van der Waals surface area contributed by atoms with Gasteiger partial charge in [0.1, 0.15) is 11.3 Å². The quantitative estimate of drug-likeness (QED) is 0.799. The molecule has 74 valence electrons. The van der Waals surface area contributed by atoms with E-state index in [0.29, 0.717) is 4.77 Å². The Morgan fingerprint density at radius 3 is 2.93 bits per heavy atom. The maximum Gasteiger partial charge on any atom is 0.195 e.